The van der Waals surface area contributed by atoms with E-state index in [1.807, 2.05) is 32.0 Å². The van der Waals surface area contributed by atoms with Gasteiger partial charge in [-0.05, 0) is 62.4 Å². The van der Waals surface area contributed by atoms with Crippen LogP contribution >= 0.6 is 23.4 Å². The summed E-state index contributed by atoms with van der Waals surface area (Å²) in [6.07, 6.45) is 0. The Bertz CT molecular complexity index is 947. The van der Waals surface area contributed by atoms with E-state index in [4.69, 9.17) is 11.6 Å². The number of aromatic nitrogens is 5. The van der Waals surface area contributed by atoms with Gasteiger partial charge in [0, 0.05) is 28.0 Å². The third-order valence-electron chi connectivity index (χ3n) is 4.13. The third kappa shape index (κ3) is 3.68. The average molecular weight is 390 g/mol. The molecule has 0 bridgehead atoms. The second-order valence-electron chi connectivity index (χ2n) is 6.31. The molecule has 0 aliphatic rings. The van der Waals surface area contributed by atoms with Crippen molar-refractivity contribution in [3.8, 4) is 5.69 Å². The lowest BCUT2D eigenvalue weighted by Crippen LogP contribution is -2.09. The summed E-state index contributed by atoms with van der Waals surface area (Å²) >= 11 is 7.35. The maximum absolute atomic E-state index is 12.7. The molecule has 0 spiro atoms. The lowest BCUT2D eigenvalue weighted by Gasteiger charge is -2.13. The largest absolute Gasteiger partial charge is 0.346 e. The number of benzene rings is 1. The molecule has 8 heteroatoms. The molecule has 0 N–H and O–H groups in total. The molecule has 6 nitrogen and oxygen atoms in total. The molecule has 1 aromatic carbocycles. The minimum atomic E-state index is 0.0654. The molecular formula is C18H20ClN5OS. The van der Waals surface area contributed by atoms with Crippen molar-refractivity contribution in [2.75, 3.05) is 5.75 Å². The van der Waals surface area contributed by atoms with Crippen LogP contribution in [0.15, 0.2) is 35.5 Å². The van der Waals surface area contributed by atoms with E-state index in [1.54, 1.807) is 16.8 Å². The van der Waals surface area contributed by atoms with Crippen molar-refractivity contribution < 1.29 is 4.79 Å². The number of tetrazole rings is 1. The van der Waals surface area contributed by atoms with E-state index in [-0.39, 0.29) is 11.5 Å². The van der Waals surface area contributed by atoms with Gasteiger partial charge in [0.25, 0.3) is 0 Å². The Balaban J connectivity index is 1.78. The first-order chi connectivity index (χ1) is 12.4. The van der Waals surface area contributed by atoms with Gasteiger partial charge in [-0.25, -0.2) is 0 Å². The molecule has 0 aliphatic heterocycles. The van der Waals surface area contributed by atoms with Crippen LogP contribution in [0.1, 0.15) is 41.6 Å². The van der Waals surface area contributed by atoms with Crippen LogP contribution in [0.3, 0.4) is 0 Å². The summed E-state index contributed by atoms with van der Waals surface area (Å²) in [6, 6.07) is 9.54. The Morgan fingerprint density at radius 3 is 2.69 bits per heavy atom. The maximum atomic E-state index is 12.7. The van der Waals surface area contributed by atoms with Gasteiger partial charge in [0.2, 0.25) is 5.16 Å². The number of rotatable bonds is 6. The van der Waals surface area contributed by atoms with Gasteiger partial charge in [0.1, 0.15) is 0 Å². The van der Waals surface area contributed by atoms with Crippen LogP contribution in [0.25, 0.3) is 5.69 Å². The standard InChI is InChI=1S/C18H20ClN5OS/c1-11(2)23-12(3)8-16(13(23)4)17(25)10-26-18-20-21-22-24(18)15-7-5-6-14(19)9-15/h5-9,11H,10H2,1-4H3. The average Bonchev–Trinajstić information content (AvgIpc) is 3.16. The van der Waals surface area contributed by atoms with Gasteiger partial charge >= 0.3 is 0 Å². The Labute approximate surface area is 161 Å². The van der Waals surface area contributed by atoms with Gasteiger partial charge in [-0.15, -0.1) is 5.10 Å². The number of hydrogen-bond acceptors (Lipinski definition) is 5. The molecule has 26 heavy (non-hydrogen) atoms. The van der Waals surface area contributed by atoms with Crippen molar-refractivity contribution in [3.05, 3.63) is 52.3 Å². The molecule has 0 amide bonds. The summed E-state index contributed by atoms with van der Waals surface area (Å²) in [6.45, 7) is 8.24. The fourth-order valence-corrected chi connectivity index (χ4v) is 4.06. The van der Waals surface area contributed by atoms with Gasteiger partial charge in [0.15, 0.2) is 5.78 Å². The van der Waals surface area contributed by atoms with Gasteiger partial charge < -0.3 is 4.57 Å². The number of carbonyl (C=O) groups is 1. The van der Waals surface area contributed by atoms with E-state index < -0.39 is 0 Å². The highest BCUT2D eigenvalue weighted by molar-refractivity contribution is 7.99. The van der Waals surface area contributed by atoms with Gasteiger partial charge in [-0.3, -0.25) is 4.79 Å². The number of Topliss-reactive ketones (excluding diaryl/α,β-unsaturated/α-hetero) is 1. The molecule has 3 rings (SSSR count). The Morgan fingerprint density at radius 1 is 1.27 bits per heavy atom. The van der Waals surface area contributed by atoms with Crippen LogP contribution in [0, 0.1) is 13.8 Å². The summed E-state index contributed by atoms with van der Waals surface area (Å²) in [5.41, 5.74) is 3.60. The first-order valence-electron chi connectivity index (χ1n) is 8.27. The van der Waals surface area contributed by atoms with Crippen LogP contribution < -0.4 is 0 Å². The molecule has 0 aliphatic carbocycles. The Kier molecular flexibility index (Phi) is 5.48. The van der Waals surface area contributed by atoms with E-state index >= 15 is 0 Å². The quantitative estimate of drug-likeness (QED) is 0.464. The molecule has 0 saturated heterocycles. The number of halogens is 1. The number of ketones is 1. The van der Waals surface area contributed by atoms with Crippen LogP contribution in [-0.4, -0.2) is 36.3 Å². The highest BCUT2D eigenvalue weighted by Gasteiger charge is 2.19. The molecule has 2 heterocycles. The summed E-state index contributed by atoms with van der Waals surface area (Å²) < 4.78 is 3.76. The summed E-state index contributed by atoms with van der Waals surface area (Å²) in [5.74, 6) is 0.333. The zero-order valence-electron chi connectivity index (χ0n) is 15.1. The molecule has 0 fully saturated rings. The molecule has 136 valence electrons. The zero-order chi connectivity index (χ0) is 18.8. The highest BCUT2D eigenvalue weighted by Crippen LogP contribution is 2.24. The number of thioether (sulfide) groups is 1. The normalized spacial score (nSPS) is 11.3. The van der Waals surface area contributed by atoms with Crippen molar-refractivity contribution in [2.24, 2.45) is 0 Å². The topological polar surface area (TPSA) is 65.6 Å². The summed E-state index contributed by atoms with van der Waals surface area (Å²) in [7, 11) is 0. The molecular weight excluding hydrogens is 370 g/mol. The van der Waals surface area contributed by atoms with Crippen molar-refractivity contribution in [1.82, 2.24) is 24.8 Å². The molecule has 0 saturated carbocycles. The van der Waals surface area contributed by atoms with Gasteiger partial charge in [-0.1, -0.05) is 29.4 Å². The molecule has 0 unspecified atom stereocenters. The Hall–Kier alpha value is -2.12. The minimum Gasteiger partial charge on any atom is -0.346 e. The van der Waals surface area contributed by atoms with E-state index in [9.17, 15) is 4.79 Å². The lowest BCUT2D eigenvalue weighted by molar-refractivity contribution is 0.102. The molecule has 0 atom stereocenters. The van der Waals surface area contributed by atoms with Gasteiger partial charge in [-0.2, -0.15) is 4.68 Å². The second kappa shape index (κ2) is 7.63. The van der Waals surface area contributed by atoms with E-state index in [0.29, 0.717) is 16.2 Å². The number of aryl methyl sites for hydroxylation is 1. The molecule has 2 aromatic heterocycles. The fraction of sp³-hybridized carbons (Fsp3) is 0.333. The van der Waals surface area contributed by atoms with E-state index in [1.165, 1.54) is 11.8 Å². The summed E-state index contributed by atoms with van der Waals surface area (Å²) in [5, 5.41) is 12.9. The summed E-state index contributed by atoms with van der Waals surface area (Å²) in [4.78, 5) is 12.7. The van der Waals surface area contributed by atoms with Crippen molar-refractivity contribution in [2.45, 2.75) is 38.9 Å². The Morgan fingerprint density at radius 2 is 2.04 bits per heavy atom. The number of nitrogens with zero attached hydrogens (tertiary/aromatic N) is 5. The monoisotopic (exact) mass is 389 g/mol. The van der Waals surface area contributed by atoms with Crippen LogP contribution in [0.2, 0.25) is 5.02 Å². The van der Waals surface area contributed by atoms with Crippen molar-refractivity contribution >= 4 is 29.1 Å². The maximum Gasteiger partial charge on any atom is 0.214 e. The fourth-order valence-electron chi connectivity index (χ4n) is 3.10. The van der Waals surface area contributed by atoms with Crippen LogP contribution in [-0.2, 0) is 0 Å². The predicted octanol–water partition coefficient (Wildman–Crippen LogP) is 4.29. The molecule has 3 aromatic rings. The van der Waals surface area contributed by atoms with Crippen LogP contribution in [0.4, 0.5) is 0 Å². The predicted molar refractivity (Wildman–Crippen MR) is 104 cm³/mol. The highest BCUT2D eigenvalue weighted by atomic mass is 35.5. The smallest absolute Gasteiger partial charge is 0.214 e. The minimum absolute atomic E-state index is 0.0654. The number of hydrogen-bond donors (Lipinski definition) is 0. The first kappa shape index (κ1) is 18.7. The second-order valence-corrected chi connectivity index (χ2v) is 7.69. The zero-order valence-corrected chi connectivity index (χ0v) is 16.7. The van der Waals surface area contributed by atoms with Crippen molar-refractivity contribution in [1.29, 1.82) is 0 Å². The first-order valence-corrected chi connectivity index (χ1v) is 9.63. The SMILES string of the molecule is Cc1cc(C(=O)CSc2nnnn2-c2cccc(Cl)c2)c(C)n1C(C)C. The van der Waals surface area contributed by atoms with E-state index in [0.717, 1.165) is 22.6 Å². The van der Waals surface area contributed by atoms with Crippen molar-refractivity contribution in [3.63, 3.8) is 0 Å². The van der Waals surface area contributed by atoms with Gasteiger partial charge in [0.05, 0.1) is 11.4 Å². The third-order valence-corrected chi connectivity index (χ3v) is 5.28. The van der Waals surface area contributed by atoms with E-state index in [2.05, 4.69) is 33.9 Å². The van der Waals surface area contributed by atoms with Crippen LogP contribution in [0.5, 0.6) is 0 Å². The lowest BCUT2D eigenvalue weighted by atomic mass is 10.2. The molecule has 0 radical (unpaired) electrons. The number of carbonyl (C=O) groups excluding carboxylic acids is 1.